The molecule has 1 saturated carbocycles. The van der Waals surface area contributed by atoms with Gasteiger partial charge in [0.1, 0.15) is 0 Å². The van der Waals surface area contributed by atoms with Crippen LogP contribution >= 0.6 is 0 Å². The number of nitrogens with one attached hydrogen (secondary N) is 1. The molecule has 5 nitrogen and oxygen atoms in total. The quantitative estimate of drug-likeness (QED) is 0.809. The number of benzene rings is 1. The lowest BCUT2D eigenvalue weighted by Gasteiger charge is -2.32. The van der Waals surface area contributed by atoms with Crippen molar-refractivity contribution in [3.63, 3.8) is 0 Å². The topological polar surface area (TPSA) is 50.8 Å². The van der Waals surface area contributed by atoms with Crippen molar-refractivity contribution in [2.75, 3.05) is 18.4 Å². The van der Waals surface area contributed by atoms with Crippen molar-refractivity contribution in [2.45, 2.75) is 64.6 Å². The van der Waals surface area contributed by atoms with E-state index in [0.29, 0.717) is 11.8 Å². The van der Waals surface area contributed by atoms with Crippen LogP contribution in [0.2, 0.25) is 0 Å². The second-order valence-electron chi connectivity index (χ2n) is 9.35. The van der Waals surface area contributed by atoms with Gasteiger partial charge in [0.05, 0.1) is 11.2 Å². The van der Waals surface area contributed by atoms with E-state index in [9.17, 15) is 4.79 Å². The highest BCUT2D eigenvalue weighted by molar-refractivity contribution is 6.62. The number of urea groups is 1. The number of likely N-dealkylation sites (tertiary alicyclic amines) is 1. The molecule has 6 heteroatoms. The molecule has 2 atom stereocenters. The monoisotopic (exact) mass is 370 g/mol. The van der Waals surface area contributed by atoms with Gasteiger partial charge >= 0.3 is 13.1 Å². The molecule has 3 fully saturated rings. The van der Waals surface area contributed by atoms with Crippen LogP contribution in [-0.2, 0) is 9.31 Å². The maximum atomic E-state index is 12.7. The number of hydrogen-bond donors (Lipinski definition) is 1. The molecule has 2 saturated heterocycles. The van der Waals surface area contributed by atoms with Gasteiger partial charge in [-0.1, -0.05) is 25.0 Å². The largest absolute Gasteiger partial charge is 0.494 e. The van der Waals surface area contributed by atoms with Crippen LogP contribution in [0.25, 0.3) is 0 Å². The first-order valence-electron chi connectivity index (χ1n) is 10.3. The first-order chi connectivity index (χ1) is 12.7. The van der Waals surface area contributed by atoms with Crippen LogP contribution in [0.5, 0.6) is 0 Å². The van der Waals surface area contributed by atoms with Crippen LogP contribution < -0.4 is 10.8 Å². The third kappa shape index (κ3) is 3.62. The molecule has 1 aliphatic carbocycles. The zero-order valence-electron chi connectivity index (χ0n) is 17.0. The van der Waals surface area contributed by atoms with E-state index in [-0.39, 0.29) is 17.2 Å². The fourth-order valence-electron chi connectivity index (χ4n) is 4.52. The van der Waals surface area contributed by atoms with Gasteiger partial charge in [-0.15, -0.1) is 0 Å². The molecule has 0 aromatic heterocycles. The highest BCUT2D eigenvalue weighted by Crippen LogP contribution is 2.37. The first kappa shape index (κ1) is 18.8. The fraction of sp³-hybridized carbons (Fsp3) is 0.667. The number of rotatable bonds is 2. The Morgan fingerprint density at radius 1 is 1.07 bits per heavy atom. The van der Waals surface area contributed by atoms with Gasteiger partial charge in [0.25, 0.3) is 0 Å². The summed E-state index contributed by atoms with van der Waals surface area (Å²) in [4.78, 5) is 14.7. The number of nitrogens with zero attached hydrogens (tertiary/aromatic N) is 1. The standard InChI is InChI=1S/C21H31BN2O3/c1-20(2)21(3,4)27-22(26-20)17-10-7-11-18(12-17)23-19(25)24-13-15-8-5-6-9-16(15)14-24/h7,10-12,15-16H,5-6,8-9,13-14H2,1-4H3,(H,23,25). The molecule has 2 aliphatic heterocycles. The van der Waals surface area contributed by atoms with Crippen molar-refractivity contribution < 1.29 is 14.1 Å². The normalized spacial score (nSPS) is 28.9. The van der Waals surface area contributed by atoms with E-state index in [1.54, 1.807) is 0 Å². The summed E-state index contributed by atoms with van der Waals surface area (Å²) in [5.74, 6) is 1.39. The van der Waals surface area contributed by atoms with Gasteiger partial charge in [0.15, 0.2) is 0 Å². The minimum Gasteiger partial charge on any atom is -0.399 e. The zero-order chi connectivity index (χ0) is 19.2. The van der Waals surface area contributed by atoms with E-state index in [1.165, 1.54) is 25.7 Å². The van der Waals surface area contributed by atoms with Crippen molar-refractivity contribution >= 4 is 24.3 Å². The summed E-state index contributed by atoms with van der Waals surface area (Å²) in [6.07, 6.45) is 5.16. The number of carbonyl (C=O) groups excluding carboxylic acids is 1. The smallest absolute Gasteiger partial charge is 0.399 e. The van der Waals surface area contributed by atoms with Gasteiger partial charge < -0.3 is 19.5 Å². The van der Waals surface area contributed by atoms with Crippen molar-refractivity contribution in [2.24, 2.45) is 11.8 Å². The Kier molecular flexibility index (Phi) is 4.75. The van der Waals surface area contributed by atoms with Crippen molar-refractivity contribution in [3.05, 3.63) is 24.3 Å². The van der Waals surface area contributed by atoms with Crippen molar-refractivity contribution in [1.29, 1.82) is 0 Å². The second kappa shape index (κ2) is 6.82. The molecule has 0 bridgehead atoms. The van der Waals surface area contributed by atoms with Gasteiger partial charge in [-0.25, -0.2) is 4.79 Å². The molecule has 0 spiro atoms. The number of amides is 2. The summed E-state index contributed by atoms with van der Waals surface area (Å²) < 4.78 is 12.3. The third-order valence-electron chi connectivity index (χ3n) is 6.93. The highest BCUT2D eigenvalue weighted by Gasteiger charge is 2.51. The van der Waals surface area contributed by atoms with Crippen LogP contribution in [0.1, 0.15) is 53.4 Å². The Hall–Kier alpha value is -1.53. The summed E-state index contributed by atoms with van der Waals surface area (Å²) in [6, 6.07) is 7.83. The summed E-state index contributed by atoms with van der Waals surface area (Å²) in [7, 11) is -0.415. The van der Waals surface area contributed by atoms with Gasteiger partial charge in [-0.05, 0) is 70.0 Å². The molecule has 0 radical (unpaired) electrons. The van der Waals surface area contributed by atoms with E-state index in [2.05, 4.69) is 5.32 Å². The number of hydrogen-bond acceptors (Lipinski definition) is 3. The Labute approximate surface area is 162 Å². The van der Waals surface area contributed by atoms with Gasteiger partial charge in [-0.2, -0.15) is 0 Å². The van der Waals surface area contributed by atoms with Crippen LogP contribution in [0, 0.1) is 11.8 Å². The average Bonchev–Trinajstić information content (AvgIpc) is 3.13. The molecule has 2 heterocycles. The summed E-state index contributed by atoms with van der Waals surface area (Å²) in [6.45, 7) is 9.98. The molecular formula is C21H31BN2O3. The van der Waals surface area contributed by atoms with Gasteiger partial charge in [0.2, 0.25) is 0 Å². The third-order valence-corrected chi connectivity index (χ3v) is 6.93. The molecule has 1 aromatic rings. The lowest BCUT2D eigenvalue weighted by molar-refractivity contribution is 0.00578. The van der Waals surface area contributed by atoms with E-state index in [1.807, 2.05) is 56.9 Å². The second-order valence-corrected chi connectivity index (χ2v) is 9.35. The Bertz CT molecular complexity index is 691. The minimum absolute atomic E-state index is 0.00969. The maximum absolute atomic E-state index is 12.7. The van der Waals surface area contributed by atoms with E-state index < -0.39 is 7.12 Å². The van der Waals surface area contributed by atoms with E-state index in [4.69, 9.17) is 9.31 Å². The fourth-order valence-corrected chi connectivity index (χ4v) is 4.52. The molecule has 4 rings (SSSR count). The molecule has 27 heavy (non-hydrogen) atoms. The van der Waals surface area contributed by atoms with Crippen LogP contribution in [0.4, 0.5) is 10.5 Å². The first-order valence-corrected chi connectivity index (χ1v) is 10.3. The van der Waals surface area contributed by atoms with Gasteiger partial charge in [0, 0.05) is 18.8 Å². The molecule has 1 N–H and O–H groups in total. The van der Waals surface area contributed by atoms with Crippen LogP contribution in [0.15, 0.2) is 24.3 Å². The van der Waals surface area contributed by atoms with E-state index in [0.717, 1.165) is 24.2 Å². The van der Waals surface area contributed by atoms with Crippen LogP contribution in [-0.4, -0.2) is 42.3 Å². The molecular weight excluding hydrogens is 339 g/mol. The Balaban J connectivity index is 1.42. The number of fused-ring (bicyclic) bond motifs is 1. The highest BCUT2D eigenvalue weighted by atomic mass is 16.7. The molecule has 146 valence electrons. The lowest BCUT2D eigenvalue weighted by Crippen LogP contribution is -2.41. The zero-order valence-corrected chi connectivity index (χ0v) is 17.0. The number of carbonyl (C=O) groups is 1. The maximum Gasteiger partial charge on any atom is 0.494 e. The predicted molar refractivity (Wildman–Crippen MR) is 108 cm³/mol. The van der Waals surface area contributed by atoms with E-state index >= 15 is 0 Å². The number of anilines is 1. The molecule has 3 aliphatic rings. The van der Waals surface area contributed by atoms with Crippen molar-refractivity contribution in [3.8, 4) is 0 Å². The Morgan fingerprint density at radius 2 is 1.67 bits per heavy atom. The summed E-state index contributed by atoms with van der Waals surface area (Å²) in [5.41, 5.74) is 0.981. The van der Waals surface area contributed by atoms with Gasteiger partial charge in [-0.3, -0.25) is 0 Å². The molecule has 1 aromatic carbocycles. The minimum atomic E-state index is -0.415. The SMILES string of the molecule is CC1(C)OB(c2cccc(NC(=O)N3CC4CCCCC4C3)c2)OC1(C)C. The summed E-state index contributed by atoms with van der Waals surface area (Å²) >= 11 is 0. The predicted octanol–water partition coefficient (Wildman–Crippen LogP) is 3.64. The molecule has 2 amide bonds. The Morgan fingerprint density at radius 3 is 2.26 bits per heavy atom. The summed E-state index contributed by atoms with van der Waals surface area (Å²) in [5, 5.41) is 3.07. The molecule has 2 unspecified atom stereocenters. The van der Waals surface area contributed by atoms with Crippen molar-refractivity contribution in [1.82, 2.24) is 4.90 Å². The lowest BCUT2D eigenvalue weighted by atomic mass is 9.79. The van der Waals surface area contributed by atoms with Crippen LogP contribution in [0.3, 0.4) is 0 Å². The average molecular weight is 370 g/mol.